The van der Waals surface area contributed by atoms with Gasteiger partial charge in [0.05, 0.1) is 16.1 Å². The first-order valence-corrected chi connectivity index (χ1v) is 8.21. The molecule has 1 heterocycles. The lowest BCUT2D eigenvalue weighted by molar-refractivity contribution is 0.344. The molecular weight excluding hydrogens is 331 g/mol. The minimum absolute atomic E-state index is 0.0135. The second kappa shape index (κ2) is 6.87. The van der Waals surface area contributed by atoms with Crippen LogP contribution in [-0.2, 0) is 0 Å². The number of benzene rings is 2. The predicted octanol–water partition coefficient (Wildman–Crippen LogP) is 4.28. The number of aromatic nitrogens is 3. The molecule has 2 aromatic carbocycles. The van der Waals surface area contributed by atoms with Gasteiger partial charge in [-0.2, -0.15) is 15.0 Å². The first-order valence-electron chi connectivity index (χ1n) is 7.46. The lowest BCUT2D eigenvalue weighted by Crippen LogP contribution is -2.21. The van der Waals surface area contributed by atoms with Gasteiger partial charge in [0.2, 0.25) is 0 Å². The Morgan fingerprint density at radius 3 is 2.22 bits per heavy atom. The van der Waals surface area contributed by atoms with Gasteiger partial charge in [-0.25, -0.2) is 0 Å². The first-order chi connectivity index (χ1) is 11.0. The molecule has 6 heteroatoms. The van der Waals surface area contributed by atoms with Gasteiger partial charge < -0.3 is 4.90 Å². The Kier molecular flexibility index (Phi) is 4.85. The fourth-order valence-electron chi connectivity index (χ4n) is 2.53. The quantitative estimate of drug-likeness (QED) is 0.690. The maximum atomic E-state index is 6.19. The van der Waals surface area contributed by atoms with Gasteiger partial charge in [0, 0.05) is 0 Å². The Morgan fingerprint density at radius 2 is 1.65 bits per heavy atom. The molecule has 0 saturated carbocycles. The number of rotatable bonds is 5. The molecule has 0 aliphatic carbocycles. The summed E-state index contributed by atoms with van der Waals surface area (Å²) in [5.41, 5.74) is 2.84. The number of halogens is 2. The van der Waals surface area contributed by atoms with Crippen LogP contribution in [0.5, 0.6) is 0 Å². The van der Waals surface area contributed by atoms with Crippen molar-refractivity contribution in [2.24, 2.45) is 0 Å². The monoisotopic (exact) mass is 348 g/mol. The summed E-state index contributed by atoms with van der Waals surface area (Å²) in [5.74, 6) is 0. The summed E-state index contributed by atoms with van der Waals surface area (Å²) in [5, 5.41) is 10.4. The molecule has 1 aromatic heterocycles. The maximum absolute atomic E-state index is 6.19. The summed E-state index contributed by atoms with van der Waals surface area (Å²) >= 11 is 12.2. The van der Waals surface area contributed by atoms with Crippen molar-refractivity contribution < 1.29 is 0 Å². The molecule has 3 rings (SSSR count). The van der Waals surface area contributed by atoms with Gasteiger partial charge >= 0.3 is 0 Å². The van der Waals surface area contributed by atoms with Crippen molar-refractivity contribution in [3.05, 3.63) is 58.1 Å². The molecule has 1 unspecified atom stereocenters. The molecule has 0 amide bonds. The van der Waals surface area contributed by atoms with Crippen molar-refractivity contribution in [1.82, 2.24) is 19.9 Å². The van der Waals surface area contributed by atoms with Crippen molar-refractivity contribution in [1.29, 1.82) is 0 Å². The van der Waals surface area contributed by atoms with Crippen LogP contribution in [0.2, 0.25) is 10.0 Å². The Balaban J connectivity index is 2.01. The normalized spacial score (nSPS) is 12.9. The summed E-state index contributed by atoms with van der Waals surface area (Å²) < 4.78 is 0. The van der Waals surface area contributed by atoms with Gasteiger partial charge in [-0.1, -0.05) is 41.4 Å². The van der Waals surface area contributed by atoms with Gasteiger partial charge in [0.15, 0.2) is 0 Å². The van der Waals surface area contributed by atoms with E-state index in [1.807, 2.05) is 42.5 Å². The Labute approximate surface area is 145 Å². The minimum Gasteiger partial charge on any atom is -0.309 e. The van der Waals surface area contributed by atoms with E-state index in [0.717, 1.165) is 29.6 Å². The van der Waals surface area contributed by atoms with Crippen molar-refractivity contribution in [2.75, 3.05) is 20.6 Å². The maximum Gasteiger partial charge on any atom is 0.113 e. The molecule has 0 saturated heterocycles. The molecule has 0 bridgehead atoms. The number of fused-ring (bicyclic) bond motifs is 1. The van der Waals surface area contributed by atoms with Crippen LogP contribution in [0, 0.1) is 0 Å². The van der Waals surface area contributed by atoms with Crippen LogP contribution in [0.3, 0.4) is 0 Å². The molecule has 0 N–H and O–H groups in total. The van der Waals surface area contributed by atoms with Crippen LogP contribution in [-0.4, -0.2) is 40.5 Å². The third-order valence-corrected chi connectivity index (χ3v) is 4.50. The van der Waals surface area contributed by atoms with Gasteiger partial charge in [0.1, 0.15) is 11.0 Å². The lowest BCUT2D eigenvalue weighted by atomic mass is 10.0. The third kappa shape index (κ3) is 3.66. The van der Waals surface area contributed by atoms with E-state index in [9.17, 15) is 0 Å². The van der Waals surface area contributed by atoms with Crippen LogP contribution < -0.4 is 0 Å². The second-order valence-electron chi connectivity index (χ2n) is 5.79. The minimum atomic E-state index is 0.0135. The van der Waals surface area contributed by atoms with Crippen molar-refractivity contribution in [3.8, 4) is 0 Å². The third-order valence-electron chi connectivity index (χ3n) is 3.76. The fraction of sp³-hybridized carbons (Fsp3) is 0.294. The Hall–Kier alpha value is -1.62. The van der Waals surface area contributed by atoms with Gasteiger partial charge in [-0.05, 0) is 56.9 Å². The van der Waals surface area contributed by atoms with E-state index in [0.29, 0.717) is 10.0 Å². The first kappa shape index (κ1) is 16.2. The van der Waals surface area contributed by atoms with E-state index in [1.54, 1.807) is 4.80 Å². The smallest absolute Gasteiger partial charge is 0.113 e. The zero-order valence-electron chi connectivity index (χ0n) is 13.1. The van der Waals surface area contributed by atoms with E-state index in [4.69, 9.17) is 23.2 Å². The molecule has 1 atom stereocenters. The highest BCUT2D eigenvalue weighted by molar-refractivity contribution is 6.42. The zero-order valence-corrected chi connectivity index (χ0v) is 14.6. The summed E-state index contributed by atoms with van der Waals surface area (Å²) in [7, 11) is 4.11. The molecule has 120 valence electrons. The molecule has 0 radical (unpaired) electrons. The van der Waals surface area contributed by atoms with Crippen LogP contribution in [0.4, 0.5) is 0 Å². The number of hydrogen-bond donors (Lipinski definition) is 0. The highest BCUT2D eigenvalue weighted by Crippen LogP contribution is 2.29. The van der Waals surface area contributed by atoms with E-state index in [2.05, 4.69) is 29.2 Å². The van der Waals surface area contributed by atoms with Crippen LogP contribution in [0.15, 0.2) is 42.5 Å². The van der Waals surface area contributed by atoms with E-state index >= 15 is 0 Å². The summed E-state index contributed by atoms with van der Waals surface area (Å²) in [4.78, 5) is 3.93. The molecule has 0 spiro atoms. The van der Waals surface area contributed by atoms with Crippen LogP contribution >= 0.6 is 23.2 Å². The van der Waals surface area contributed by atoms with Gasteiger partial charge in [0.25, 0.3) is 0 Å². The van der Waals surface area contributed by atoms with Crippen molar-refractivity contribution in [2.45, 2.75) is 12.5 Å². The standard InChI is InChI=1S/C17H18Cl2N4/c1-22(2)10-9-17(12-7-8-13(18)14(19)11-12)23-20-15-5-3-4-6-16(15)21-23/h3-8,11,17H,9-10H2,1-2H3. The highest BCUT2D eigenvalue weighted by Gasteiger charge is 2.18. The largest absolute Gasteiger partial charge is 0.309 e. The Morgan fingerprint density at radius 1 is 1.00 bits per heavy atom. The van der Waals surface area contributed by atoms with Gasteiger partial charge in [-0.3, -0.25) is 0 Å². The molecule has 23 heavy (non-hydrogen) atoms. The number of hydrogen-bond acceptors (Lipinski definition) is 3. The molecule has 3 aromatic rings. The Bertz CT molecular complexity index is 780. The molecular formula is C17H18Cl2N4. The fourth-order valence-corrected chi connectivity index (χ4v) is 2.84. The average molecular weight is 349 g/mol. The molecule has 0 aliphatic heterocycles. The van der Waals surface area contributed by atoms with E-state index in [1.165, 1.54) is 0 Å². The van der Waals surface area contributed by atoms with Crippen LogP contribution in [0.25, 0.3) is 11.0 Å². The topological polar surface area (TPSA) is 34.0 Å². The van der Waals surface area contributed by atoms with E-state index < -0.39 is 0 Å². The molecule has 4 nitrogen and oxygen atoms in total. The average Bonchev–Trinajstić information content (AvgIpc) is 2.94. The second-order valence-corrected chi connectivity index (χ2v) is 6.60. The SMILES string of the molecule is CN(C)CCC(c1ccc(Cl)c(Cl)c1)n1nc2ccccc2n1. The van der Waals surface area contributed by atoms with Gasteiger partial charge in [-0.15, -0.1) is 0 Å². The highest BCUT2D eigenvalue weighted by atomic mass is 35.5. The van der Waals surface area contributed by atoms with Crippen molar-refractivity contribution >= 4 is 34.2 Å². The lowest BCUT2D eigenvalue weighted by Gasteiger charge is -2.19. The van der Waals surface area contributed by atoms with E-state index in [-0.39, 0.29) is 6.04 Å². The van der Waals surface area contributed by atoms with Crippen LogP contribution in [0.1, 0.15) is 18.0 Å². The zero-order chi connectivity index (χ0) is 16.4. The summed E-state index contributed by atoms with van der Waals surface area (Å²) in [6, 6.07) is 13.6. The molecule has 0 aliphatic rings. The molecule has 0 fully saturated rings. The number of nitrogens with zero attached hydrogens (tertiary/aromatic N) is 4. The summed E-state index contributed by atoms with van der Waals surface area (Å²) in [6.45, 7) is 0.919. The predicted molar refractivity (Wildman–Crippen MR) is 95.3 cm³/mol. The van der Waals surface area contributed by atoms with Crippen molar-refractivity contribution in [3.63, 3.8) is 0 Å². The summed E-state index contributed by atoms with van der Waals surface area (Å²) in [6.07, 6.45) is 0.881.